The molecule has 1 aliphatic heterocycles. The Morgan fingerprint density at radius 3 is 2.61 bits per heavy atom. The molecule has 1 heterocycles. The third kappa shape index (κ3) is 6.75. The summed E-state index contributed by atoms with van der Waals surface area (Å²) in [5.41, 5.74) is 0.919. The van der Waals surface area contributed by atoms with Crippen molar-refractivity contribution < 1.29 is 24.2 Å². The number of carboxylic acid groups (broad SMARTS) is 1. The molecule has 2 rings (SSSR count). The van der Waals surface area contributed by atoms with Crippen LogP contribution in [0, 0.1) is 0 Å². The molecule has 28 heavy (non-hydrogen) atoms. The number of aliphatic carboxylic acids is 1. The van der Waals surface area contributed by atoms with Crippen LogP contribution in [0.2, 0.25) is 0 Å². The standard InChI is InChI=1S/C20H29N3O5/c1-14(2)22-20(27)23-11-3-5-17(23)19(26)21-13-15-7-9-16(10-8-15)28-12-4-6-18(24)25/h7-10,14,17H,3-6,11-13H2,1-2H3,(H,21,26)(H,22,27)(H,24,25)/t17-/m0/s1. The van der Waals surface area contributed by atoms with E-state index in [2.05, 4.69) is 10.6 Å². The number of benzene rings is 1. The van der Waals surface area contributed by atoms with Crippen molar-refractivity contribution in [2.45, 2.75) is 58.2 Å². The Morgan fingerprint density at radius 2 is 1.96 bits per heavy atom. The van der Waals surface area contributed by atoms with Crippen LogP contribution in [0.25, 0.3) is 0 Å². The van der Waals surface area contributed by atoms with E-state index in [4.69, 9.17) is 9.84 Å². The number of carboxylic acids is 1. The average Bonchev–Trinajstić information content (AvgIpc) is 3.13. The molecule has 1 saturated heterocycles. The zero-order chi connectivity index (χ0) is 20.5. The number of amides is 3. The van der Waals surface area contributed by atoms with E-state index in [1.807, 2.05) is 26.0 Å². The lowest BCUT2D eigenvalue weighted by Gasteiger charge is -2.25. The molecule has 1 atom stereocenters. The predicted octanol–water partition coefficient (Wildman–Crippen LogP) is 2.13. The van der Waals surface area contributed by atoms with Crippen LogP contribution in [-0.2, 0) is 16.1 Å². The van der Waals surface area contributed by atoms with E-state index in [9.17, 15) is 14.4 Å². The number of urea groups is 1. The lowest BCUT2D eigenvalue weighted by molar-refractivity contribution is -0.137. The lowest BCUT2D eigenvalue weighted by Crippen LogP contribution is -2.50. The first-order chi connectivity index (χ1) is 13.4. The smallest absolute Gasteiger partial charge is 0.318 e. The quantitative estimate of drug-likeness (QED) is 0.559. The Morgan fingerprint density at radius 1 is 1.25 bits per heavy atom. The third-order valence-corrected chi connectivity index (χ3v) is 4.42. The molecule has 1 aliphatic rings. The van der Waals surface area contributed by atoms with Crippen molar-refractivity contribution in [2.24, 2.45) is 0 Å². The number of nitrogens with zero attached hydrogens (tertiary/aromatic N) is 1. The summed E-state index contributed by atoms with van der Waals surface area (Å²) in [4.78, 5) is 36.8. The van der Waals surface area contributed by atoms with Gasteiger partial charge in [-0.3, -0.25) is 9.59 Å². The monoisotopic (exact) mass is 391 g/mol. The van der Waals surface area contributed by atoms with Crippen LogP contribution in [0.5, 0.6) is 5.75 Å². The maximum Gasteiger partial charge on any atom is 0.318 e. The van der Waals surface area contributed by atoms with Gasteiger partial charge in [0, 0.05) is 25.6 Å². The summed E-state index contributed by atoms with van der Waals surface area (Å²) in [5, 5.41) is 14.3. The summed E-state index contributed by atoms with van der Waals surface area (Å²) in [5.74, 6) is -0.324. The molecule has 0 bridgehead atoms. The molecule has 0 aromatic heterocycles. The Bertz CT molecular complexity index is 675. The normalized spacial score (nSPS) is 16.1. The maximum atomic E-state index is 12.5. The number of nitrogens with one attached hydrogen (secondary N) is 2. The van der Waals surface area contributed by atoms with Gasteiger partial charge in [0.2, 0.25) is 5.91 Å². The summed E-state index contributed by atoms with van der Waals surface area (Å²) in [6, 6.07) is 6.69. The van der Waals surface area contributed by atoms with Crippen LogP contribution in [0.1, 0.15) is 45.1 Å². The van der Waals surface area contributed by atoms with Gasteiger partial charge < -0.3 is 25.4 Å². The second-order valence-corrected chi connectivity index (χ2v) is 7.16. The van der Waals surface area contributed by atoms with Crippen LogP contribution in [0.4, 0.5) is 4.79 Å². The zero-order valence-corrected chi connectivity index (χ0v) is 16.4. The first-order valence-corrected chi connectivity index (χ1v) is 9.65. The highest BCUT2D eigenvalue weighted by Gasteiger charge is 2.34. The van der Waals surface area contributed by atoms with E-state index in [1.165, 1.54) is 0 Å². The number of hydrogen-bond donors (Lipinski definition) is 3. The van der Waals surface area contributed by atoms with Gasteiger partial charge in [-0.15, -0.1) is 0 Å². The molecule has 0 radical (unpaired) electrons. The summed E-state index contributed by atoms with van der Waals surface area (Å²) in [6.07, 6.45) is 2.02. The van der Waals surface area contributed by atoms with E-state index in [0.717, 1.165) is 12.0 Å². The number of carbonyl (C=O) groups is 3. The van der Waals surface area contributed by atoms with E-state index in [0.29, 0.717) is 38.3 Å². The fourth-order valence-electron chi connectivity index (χ4n) is 3.04. The Labute approximate surface area is 165 Å². The number of ether oxygens (including phenoxy) is 1. The zero-order valence-electron chi connectivity index (χ0n) is 16.4. The van der Waals surface area contributed by atoms with Gasteiger partial charge in [0.05, 0.1) is 6.61 Å². The minimum Gasteiger partial charge on any atom is -0.494 e. The maximum absolute atomic E-state index is 12.5. The predicted molar refractivity (Wildman–Crippen MR) is 104 cm³/mol. The summed E-state index contributed by atoms with van der Waals surface area (Å²) >= 11 is 0. The van der Waals surface area contributed by atoms with Crippen LogP contribution in [-0.4, -0.2) is 53.1 Å². The van der Waals surface area contributed by atoms with Gasteiger partial charge in [0.25, 0.3) is 0 Å². The molecular weight excluding hydrogens is 362 g/mol. The Balaban J connectivity index is 1.78. The first kappa shape index (κ1) is 21.5. The number of likely N-dealkylation sites (tertiary alicyclic amines) is 1. The van der Waals surface area contributed by atoms with Crippen molar-refractivity contribution in [3.63, 3.8) is 0 Å². The van der Waals surface area contributed by atoms with Gasteiger partial charge in [-0.25, -0.2) is 4.79 Å². The lowest BCUT2D eigenvalue weighted by atomic mass is 10.2. The van der Waals surface area contributed by atoms with Gasteiger partial charge in [-0.05, 0) is 50.8 Å². The molecule has 1 fully saturated rings. The van der Waals surface area contributed by atoms with Crippen molar-refractivity contribution in [3.8, 4) is 5.75 Å². The minimum absolute atomic E-state index is 0.0293. The van der Waals surface area contributed by atoms with Crippen molar-refractivity contribution in [3.05, 3.63) is 29.8 Å². The second-order valence-electron chi connectivity index (χ2n) is 7.16. The molecule has 0 spiro atoms. The molecule has 154 valence electrons. The van der Waals surface area contributed by atoms with E-state index >= 15 is 0 Å². The Kier molecular flexibility index (Phi) is 8.10. The fraction of sp³-hybridized carbons (Fsp3) is 0.550. The van der Waals surface area contributed by atoms with Gasteiger partial charge in [0.1, 0.15) is 11.8 Å². The van der Waals surface area contributed by atoms with Crippen LogP contribution < -0.4 is 15.4 Å². The molecule has 0 aliphatic carbocycles. The second kappa shape index (κ2) is 10.5. The van der Waals surface area contributed by atoms with Crippen LogP contribution in [0.3, 0.4) is 0 Å². The van der Waals surface area contributed by atoms with Crippen LogP contribution >= 0.6 is 0 Å². The first-order valence-electron chi connectivity index (χ1n) is 9.65. The van der Waals surface area contributed by atoms with E-state index < -0.39 is 12.0 Å². The molecule has 8 heteroatoms. The van der Waals surface area contributed by atoms with Crippen molar-refractivity contribution in [2.75, 3.05) is 13.2 Å². The minimum atomic E-state index is -0.836. The summed E-state index contributed by atoms with van der Waals surface area (Å²) in [6.45, 7) is 5.09. The van der Waals surface area contributed by atoms with Gasteiger partial charge in [0.15, 0.2) is 0 Å². The highest BCUT2D eigenvalue weighted by molar-refractivity contribution is 5.87. The van der Waals surface area contributed by atoms with E-state index in [1.54, 1.807) is 17.0 Å². The number of rotatable bonds is 9. The van der Waals surface area contributed by atoms with Crippen LogP contribution in [0.15, 0.2) is 24.3 Å². The average molecular weight is 391 g/mol. The molecule has 1 aromatic carbocycles. The number of carbonyl (C=O) groups excluding carboxylic acids is 2. The molecule has 3 amide bonds. The molecule has 3 N–H and O–H groups in total. The van der Waals surface area contributed by atoms with Gasteiger partial charge in [-0.1, -0.05) is 12.1 Å². The van der Waals surface area contributed by atoms with Gasteiger partial charge >= 0.3 is 12.0 Å². The molecule has 0 unspecified atom stereocenters. The molecule has 1 aromatic rings. The highest BCUT2D eigenvalue weighted by Crippen LogP contribution is 2.18. The number of hydrogen-bond acceptors (Lipinski definition) is 4. The molecular formula is C20H29N3O5. The SMILES string of the molecule is CC(C)NC(=O)N1CCC[C@H]1C(=O)NCc1ccc(OCCCC(=O)O)cc1. The van der Waals surface area contributed by atoms with Crippen molar-refractivity contribution in [1.29, 1.82) is 0 Å². The fourth-order valence-corrected chi connectivity index (χ4v) is 3.04. The van der Waals surface area contributed by atoms with E-state index in [-0.39, 0.29) is 24.4 Å². The van der Waals surface area contributed by atoms with Crippen molar-refractivity contribution >= 4 is 17.9 Å². The highest BCUT2D eigenvalue weighted by atomic mass is 16.5. The largest absolute Gasteiger partial charge is 0.494 e. The third-order valence-electron chi connectivity index (χ3n) is 4.42. The Hall–Kier alpha value is -2.77. The molecule has 8 nitrogen and oxygen atoms in total. The summed E-state index contributed by atoms with van der Waals surface area (Å²) < 4.78 is 5.49. The van der Waals surface area contributed by atoms with Crippen molar-refractivity contribution in [1.82, 2.24) is 15.5 Å². The summed E-state index contributed by atoms with van der Waals surface area (Å²) in [7, 11) is 0. The van der Waals surface area contributed by atoms with Gasteiger partial charge in [-0.2, -0.15) is 0 Å². The molecule has 0 saturated carbocycles. The topological polar surface area (TPSA) is 108 Å².